The van der Waals surface area contributed by atoms with E-state index in [0.29, 0.717) is 11.9 Å². The molecule has 2 aromatic carbocycles. The first-order valence-electron chi connectivity index (χ1n) is 11.2. The van der Waals surface area contributed by atoms with Crippen LogP contribution in [0, 0.1) is 5.92 Å². The molecule has 1 aromatic heterocycles. The van der Waals surface area contributed by atoms with Gasteiger partial charge in [-0.15, -0.1) is 0 Å². The molecule has 1 aliphatic rings. The summed E-state index contributed by atoms with van der Waals surface area (Å²) in [5.74, 6) is 1.38. The van der Waals surface area contributed by atoms with Crippen molar-refractivity contribution in [3.05, 3.63) is 87.3 Å². The minimum atomic E-state index is -0.104. The first kappa shape index (κ1) is 22.1. The number of phenols is 1. The van der Waals surface area contributed by atoms with Crippen LogP contribution in [0.5, 0.6) is 5.75 Å². The number of aromatic hydroxyl groups is 1. The molecular weight excluding hydrogens is 400 g/mol. The summed E-state index contributed by atoms with van der Waals surface area (Å²) in [5.41, 5.74) is 4.75. The van der Waals surface area contributed by atoms with E-state index in [4.69, 9.17) is 4.98 Å². The van der Waals surface area contributed by atoms with Crippen molar-refractivity contribution in [1.82, 2.24) is 14.9 Å². The lowest BCUT2D eigenvalue weighted by Gasteiger charge is -2.29. The predicted octanol–water partition coefficient (Wildman–Crippen LogP) is 3.04. The van der Waals surface area contributed by atoms with Gasteiger partial charge in [-0.1, -0.05) is 36.4 Å². The Bertz CT molecular complexity index is 1080. The topological polar surface area (TPSA) is 72.5 Å². The first-order valence-corrected chi connectivity index (χ1v) is 11.2. The van der Waals surface area contributed by atoms with Crippen LogP contribution in [-0.2, 0) is 25.7 Å². The zero-order valence-electron chi connectivity index (χ0n) is 19.1. The van der Waals surface area contributed by atoms with Crippen LogP contribution >= 0.6 is 0 Å². The van der Waals surface area contributed by atoms with E-state index < -0.39 is 0 Å². The van der Waals surface area contributed by atoms with E-state index in [0.717, 1.165) is 43.5 Å². The number of likely N-dealkylation sites (N-methyl/N-ethyl adjacent to an activating group) is 2. The summed E-state index contributed by atoms with van der Waals surface area (Å²) in [5, 5.41) is 9.54. The Labute approximate surface area is 189 Å². The third kappa shape index (κ3) is 5.37. The van der Waals surface area contributed by atoms with Gasteiger partial charge in [-0.2, -0.15) is 0 Å². The van der Waals surface area contributed by atoms with Crippen LogP contribution in [0.4, 0.5) is 5.95 Å². The predicted molar refractivity (Wildman–Crippen MR) is 128 cm³/mol. The number of aromatic nitrogens is 2. The molecule has 0 aliphatic heterocycles. The highest BCUT2D eigenvalue weighted by Gasteiger charge is 2.23. The third-order valence-electron chi connectivity index (χ3n) is 6.40. The molecule has 0 fully saturated rings. The summed E-state index contributed by atoms with van der Waals surface area (Å²) in [4.78, 5) is 24.3. The van der Waals surface area contributed by atoms with Gasteiger partial charge in [0.25, 0.3) is 5.56 Å². The number of nitrogens with one attached hydrogen (secondary N) is 1. The van der Waals surface area contributed by atoms with Crippen molar-refractivity contribution in [3.8, 4) is 5.75 Å². The summed E-state index contributed by atoms with van der Waals surface area (Å²) in [6.45, 7) is 0.717. The van der Waals surface area contributed by atoms with Gasteiger partial charge in [0.15, 0.2) is 0 Å². The number of nitrogens with zero attached hydrogens (tertiary/aromatic N) is 3. The smallest absolute Gasteiger partial charge is 0.252 e. The van der Waals surface area contributed by atoms with Crippen LogP contribution in [0.25, 0.3) is 0 Å². The van der Waals surface area contributed by atoms with E-state index in [1.54, 1.807) is 18.2 Å². The quantitative estimate of drug-likeness (QED) is 0.572. The molecule has 1 atom stereocenters. The molecule has 3 aromatic rings. The number of benzene rings is 2. The summed E-state index contributed by atoms with van der Waals surface area (Å²) in [6.07, 6.45) is 3.74. The van der Waals surface area contributed by atoms with Crippen molar-refractivity contribution in [2.24, 2.45) is 5.92 Å². The van der Waals surface area contributed by atoms with Gasteiger partial charge in [-0.05, 0) is 74.5 Å². The van der Waals surface area contributed by atoms with Crippen LogP contribution in [0.2, 0.25) is 0 Å². The van der Waals surface area contributed by atoms with Gasteiger partial charge in [0.2, 0.25) is 5.95 Å². The maximum absolute atomic E-state index is 12.4. The number of hydrogen-bond donors (Lipinski definition) is 2. The van der Waals surface area contributed by atoms with Crippen LogP contribution in [0.3, 0.4) is 0 Å². The number of rotatable bonds is 8. The van der Waals surface area contributed by atoms with E-state index >= 15 is 0 Å². The lowest BCUT2D eigenvalue weighted by atomic mass is 10.00. The van der Waals surface area contributed by atoms with Crippen molar-refractivity contribution in [2.75, 3.05) is 32.6 Å². The molecule has 0 bridgehead atoms. The Balaban J connectivity index is 1.44. The lowest BCUT2D eigenvalue weighted by Crippen LogP contribution is -2.41. The average Bonchev–Trinajstić information content (AvgIpc) is 3.16. The van der Waals surface area contributed by atoms with Gasteiger partial charge in [-0.3, -0.25) is 9.78 Å². The second kappa shape index (κ2) is 9.57. The molecular formula is C26H32N4O2. The van der Waals surface area contributed by atoms with Gasteiger partial charge < -0.3 is 14.9 Å². The van der Waals surface area contributed by atoms with Gasteiger partial charge in [0.1, 0.15) is 5.75 Å². The molecule has 0 saturated carbocycles. The molecule has 0 amide bonds. The maximum Gasteiger partial charge on any atom is 0.252 e. The minimum Gasteiger partial charge on any atom is -0.508 e. The standard InChI is InChI=1S/C26H32N4O2/c1-29(2)23(15-18-8-10-24(31)11-9-18)17-30(3)26-27-22(16-25(32)28-26)14-19-12-20-6-4-5-7-21(20)13-19/h4-11,16,19,23,31H,12-15,17H2,1-3H3,(H,27,28,32)/t23-/m0/s1. The Morgan fingerprint density at radius 2 is 1.72 bits per heavy atom. The summed E-state index contributed by atoms with van der Waals surface area (Å²) in [6, 6.07) is 17.8. The van der Waals surface area contributed by atoms with Gasteiger partial charge in [-0.25, -0.2) is 4.98 Å². The summed E-state index contributed by atoms with van der Waals surface area (Å²) >= 11 is 0. The molecule has 1 aliphatic carbocycles. The fraction of sp³-hybridized carbons (Fsp3) is 0.385. The van der Waals surface area contributed by atoms with E-state index in [2.05, 4.69) is 48.2 Å². The molecule has 32 heavy (non-hydrogen) atoms. The normalized spacial score (nSPS) is 14.5. The minimum absolute atomic E-state index is 0.104. The number of phenolic OH excluding ortho intramolecular Hbond substituents is 1. The SMILES string of the molecule is CN(C[C@H](Cc1ccc(O)cc1)N(C)C)c1nc(CC2Cc3ccccc3C2)cc(=O)[nH]1. The second-order valence-corrected chi connectivity index (χ2v) is 9.18. The van der Waals surface area contributed by atoms with Crippen LogP contribution in [-0.4, -0.2) is 53.7 Å². The number of aromatic amines is 1. The first-order chi connectivity index (χ1) is 15.4. The van der Waals surface area contributed by atoms with Crippen molar-refractivity contribution < 1.29 is 5.11 Å². The molecule has 4 rings (SSSR count). The van der Waals surface area contributed by atoms with E-state index in [-0.39, 0.29) is 17.4 Å². The lowest BCUT2D eigenvalue weighted by molar-refractivity contribution is 0.294. The summed E-state index contributed by atoms with van der Waals surface area (Å²) in [7, 11) is 6.09. The maximum atomic E-state index is 12.4. The van der Waals surface area contributed by atoms with Crippen molar-refractivity contribution in [1.29, 1.82) is 0 Å². The zero-order chi connectivity index (χ0) is 22.7. The third-order valence-corrected chi connectivity index (χ3v) is 6.40. The van der Waals surface area contributed by atoms with Gasteiger partial charge in [0, 0.05) is 25.7 Å². The van der Waals surface area contributed by atoms with Crippen molar-refractivity contribution >= 4 is 5.95 Å². The van der Waals surface area contributed by atoms with Crippen molar-refractivity contribution in [3.63, 3.8) is 0 Å². The molecule has 0 radical (unpaired) electrons. The zero-order valence-corrected chi connectivity index (χ0v) is 19.1. The largest absolute Gasteiger partial charge is 0.508 e. The van der Waals surface area contributed by atoms with Crippen LogP contribution in [0.1, 0.15) is 22.4 Å². The highest BCUT2D eigenvalue weighted by atomic mass is 16.3. The number of hydrogen-bond acceptors (Lipinski definition) is 5. The van der Waals surface area contributed by atoms with Crippen LogP contribution < -0.4 is 10.5 Å². The number of anilines is 1. The fourth-order valence-electron chi connectivity index (χ4n) is 4.59. The molecule has 6 heteroatoms. The molecule has 1 heterocycles. The number of H-pyrrole nitrogens is 1. The molecule has 0 spiro atoms. The molecule has 2 N–H and O–H groups in total. The monoisotopic (exact) mass is 432 g/mol. The Morgan fingerprint density at radius 1 is 1.06 bits per heavy atom. The summed E-state index contributed by atoms with van der Waals surface area (Å²) < 4.78 is 0. The van der Waals surface area contributed by atoms with Crippen molar-refractivity contribution in [2.45, 2.75) is 31.7 Å². The molecule has 0 unspecified atom stereocenters. The van der Waals surface area contributed by atoms with E-state index in [9.17, 15) is 9.90 Å². The Kier molecular flexibility index (Phi) is 6.61. The van der Waals surface area contributed by atoms with Gasteiger partial charge >= 0.3 is 0 Å². The van der Waals surface area contributed by atoms with E-state index in [1.165, 1.54) is 11.1 Å². The highest BCUT2D eigenvalue weighted by Crippen LogP contribution is 2.28. The van der Waals surface area contributed by atoms with E-state index in [1.807, 2.05) is 24.1 Å². The number of fused-ring (bicyclic) bond motifs is 1. The highest BCUT2D eigenvalue weighted by molar-refractivity contribution is 5.34. The fourth-order valence-corrected chi connectivity index (χ4v) is 4.59. The molecule has 6 nitrogen and oxygen atoms in total. The average molecular weight is 433 g/mol. The van der Waals surface area contributed by atoms with Gasteiger partial charge in [0.05, 0.1) is 5.69 Å². The second-order valence-electron chi connectivity index (χ2n) is 9.18. The molecule has 0 saturated heterocycles. The van der Waals surface area contributed by atoms with Crippen LogP contribution in [0.15, 0.2) is 59.4 Å². The Morgan fingerprint density at radius 3 is 2.34 bits per heavy atom. The Hall–Kier alpha value is -3.12. The molecule has 168 valence electrons.